The minimum Gasteiger partial charge on any atom is -0.284 e. The van der Waals surface area contributed by atoms with Crippen molar-refractivity contribution in [2.24, 2.45) is 0 Å². The van der Waals surface area contributed by atoms with Crippen LogP contribution in [0.15, 0.2) is 71.9 Å². The largest absolute Gasteiger partial charge is 0.284 e. The van der Waals surface area contributed by atoms with Crippen LogP contribution in [0, 0.1) is 6.92 Å². The minimum absolute atomic E-state index is 0.0853. The highest BCUT2D eigenvalue weighted by atomic mass is 35.5. The standard InChI is InChI=1S/C24H22ClN3O3S2/c1-17-5-2-7-21-23(17)27-24(32-21)28(16-18-6-3-13-26-15-18)22(29)8-4-14-33(30,31)20-11-9-19(25)10-12-20/h2-3,5-7,9-13,15H,4,8,14,16H2,1H3. The van der Waals surface area contributed by atoms with Crippen molar-refractivity contribution in [3.8, 4) is 0 Å². The van der Waals surface area contributed by atoms with Crippen molar-refractivity contribution in [1.82, 2.24) is 9.97 Å². The number of aryl methyl sites for hydroxylation is 1. The SMILES string of the molecule is Cc1cccc2sc(N(Cc3cccnc3)C(=O)CCCS(=O)(=O)c3ccc(Cl)cc3)nc12. The van der Waals surface area contributed by atoms with Crippen molar-refractivity contribution in [3.63, 3.8) is 0 Å². The fraction of sp³-hybridized carbons (Fsp3) is 0.208. The molecule has 0 saturated heterocycles. The molecule has 0 spiro atoms. The van der Waals surface area contributed by atoms with Gasteiger partial charge in [-0.15, -0.1) is 0 Å². The Morgan fingerprint density at radius 2 is 1.88 bits per heavy atom. The number of amides is 1. The van der Waals surface area contributed by atoms with Gasteiger partial charge in [0.05, 0.1) is 27.4 Å². The van der Waals surface area contributed by atoms with Gasteiger partial charge < -0.3 is 0 Å². The maximum Gasteiger partial charge on any atom is 0.229 e. The molecule has 0 aliphatic rings. The van der Waals surface area contributed by atoms with Crippen LogP contribution in [0.3, 0.4) is 0 Å². The van der Waals surface area contributed by atoms with E-state index < -0.39 is 9.84 Å². The van der Waals surface area contributed by atoms with Gasteiger partial charge in [0.15, 0.2) is 15.0 Å². The summed E-state index contributed by atoms with van der Waals surface area (Å²) in [5.74, 6) is -0.304. The molecule has 2 aromatic carbocycles. The first kappa shape index (κ1) is 23.4. The highest BCUT2D eigenvalue weighted by Gasteiger charge is 2.22. The first-order chi connectivity index (χ1) is 15.8. The van der Waals surface area contributed by atoms with Crippen molar-refractivity contribution >= 4 is 54.0 Å². The zero-order valence-electron chi connectivity index (χ0n) is 17.9. The molecule has 0 fully saturated rings. The molecule has 2 aromatic heterocycles. The molecule has 1 amide bonds. The Labute approximate surface area is 201 Å². The molecule has 0 N–H and O–H groups in total. The number of aromatic nitrogens is 2. The first-order valence-electron chi connectivity index (χ1n) is 10.4. The minimum atomic E-state index is -3.50. The van der Waals surface area contributed by atoms with Gasteiger partial charge in [0, 0.05) is 23.8 Å². The number of rotatable bonds is 8. The normalized spacial score (nSPS) is 11.6. The number of para-hydroxylation sites is 1. The van der Waals surface area contributed by atoms with Crippen molar-refractivity contribution in [2.45, 2.75) is 31.2 Å². The summed E-state index contributed by atoms with van der Waals surface area (Å²) < 4.78 is 26.2. The molecule has 4 rings (SSSR count). The zero-order chi connectivity index (χ0) is 23.4. The molecule has 4 aromatic rings. The summed E-state index contributed by atoms with van der Waals surface area (Å²) in [5, 5.41) is 1.06. The van der Waals surface area contributed by atoms with E-state index in [2.05, 4.69) is 4.98 Å². The van der Waals surface area contributed by atoms with E-state index in [9.17, 15) is 13.2 Å². The number of thiazole rings is 1. The number of fused-ring (bicyclic) bond motifs is 1. The number of hydrogen-bond donors (Lipinski definition) is 0. The molecule has 6 nitrogen and oxygen atoms in total. The summed E-state index contributed by atoms with van der Waals surface area (Å²) in [6, 6.07) is 15.7. The highest BCUT2D eigenvalue weighted by Crippen LogP contribution is 2.32. The smallest absolute Gasteiger partial charge is 0.229 e. The summed E-state index contributed by atoms with van der Waals surface area (Å²) in [5.41, 5.74) is 2.78. The van der Waals surface area contributed by atoms with E-state index in [4.69, 9.17) is 16.6 Å². The molecule has 2 heterocycles. The van der Waals surface area contributed by atoms with Crippen LogP contribution in [0.4, 0.5) is 5.13 Å². The average molecular weight is 500 g/mol. The number of benzene rings is 2. The van der Waals surface area contributed by atoms with Crippen LogP contribution in [0.1, 0.15) is 24.0 Å². The Morgan fingerprint density at radius 1 is 1.09 bits per heavy atom. The fourth-order valence-corrected chi connectivity index (χ4v) is 5.93. The third-order valence-electron chi connectivity index (χ3n) is 5.18. The monoisotopic (exact) mass is 499 g/mol. The lowest BCUT2D eigenvalue weighted by Gasteiger charge is -2.20. The summed E-state index contributed by atoms with van der Waals surface area (Å²) in [7, 11) is -3.50. The second-order valence-corrected chi connectivity index (χ2v) is 11.2. The molecule has 9 heteroatoms. The third kappa shape index (κ3) is 5.58. The van der Waals surface area contributed by atoms with Crippen LogP contribution in [0.25, 0.3) is 10.2 Å². The average Bonchev–Trinajstić information content (AvgIpc) is 3.23. The maximum atomic E-state index is 13.2. The van der Waals surface area contributed by atoms with Crippen molar-refractivity contribution < 1.29 is 13.2 Å². The van der Waals surface area contributed by atoms with Crippen molar-refractivity contribution in [2.75, 3.05) is 10.7 Å². The summed E-state index contributed by atoms with van der Waals surface area (Å²) in [6.07, 6.45) is 3.68. The molecular formula is C24H22ClN3O3S2. The Balaban J connectivity index is 1.53. The second kappa shape index (κ2) is 9.99. The van der Waals surface area contributed by atoms with Gasteiger partial charge in [-0.2, -0.15) is 0 Å². The molecule has 0 unspecified atom stereocenters. The number of anilines is 1. The molecule has 0 bridgehead atoms. The topological polar surface area (TPSA) is 80.2 Å². The summed E-state index contributed by atoms with van der Waals surface area (Å²) in [4.78, 5) is 23.9. The Hall–Kier alpha value is -2.81. The Kier molecular flexibility index (Phi) is 7.07. The number of halogens is 1. The Morgan fingerprint density at radius 3 is 2.58 bits per heavy atom. The van der Waals surface area contributed by atoms with Gasteiger partial charge in [0.1, 0.15) is 0 Å². The predicted octanol–water partition coefficient (Wildman–Crippen LogP) is 5.44. The van der Waals surface area contributed by atoms with E-state index in [-0.39, 0.29) is 29.4 Å². The van der Waals surface area contributed by atoms with E-state index in [1.807, 2.05) is 37.3 Å². The van der Waals surface area contributed by atoms with Crippen LogP contribution in [-0.4, -0.2) is 30.0 Å². The molecule has 170 valence electrons. The van der Waals surface area contributed by atoms with Crippen LogP contribution >= 0.6 is 22.9 Å². The first-order valence-corrected chi connectivity index (χ1v) is 13.2. The van der Waals surface area contributed by atoms with Gasteiger partial charge in [-0.1, -0.05) is 41.1 Å². The number of pyridine rings is 1. The summed E-state index contributed by atoms with van der Waals surface area (Å²) in [6.45, 7) is 2.30. The number of carbonyl (C=O) groups excluding carboxylic acids is 1. The second-order valence-electron chi connectivity index (χ2n) is 7.64. The molecule has 0 atom stereocenters. The van der Waals surface area contributed by atoms with Crippen LogP contribution in [0.5, 0.6) is 0 Å². The molecule has 33 heavy (non-hydrogen) atoms. The van der Waals surface area contributed by atoms with Gasteiger partial charge in [0.2, 0.25) is 5.91 Å². The lowest BCUT2D eigenvalue weighted by atomic mass is 10.2. The van der Waals surface area contributed by atoms with Crippen LogP contribution < -0.4 is 4.90 Å². The van der Waals surface area contributed by atoms with E-state index in [1.165, 1.54) is 23.5 Å². The van der Waals surface area contributed by atoms with Crippen LogP contribution in [-0.2, 0) is 21.2 Å². The van der Waals surface area contributed by atoms with Crippen molar-refractivity contribution in [3.05, 3.63) is 83.1 Å². The van der Waals surface area contributed by atoms with E-state index >= 15 is 0 Å². The molecule has 0 radical (unpaired) electrons. The van der Waals surface area contributed by atoms with Gasteiger partial charge >= 0.3 is 0 Å². The van der Waals surface area contributed by atoms with E-state index in [1.54, 1.807) is 29.4 Å². The predicted molar refractivity (Wildman–Crippen MR) is 133 cm³/mol. The lowest BCUT2D eigenvalue weighted by molar-refractivity contribution is -0.118. The quantitative estimate of drug-likeness (QED) is 0.322. The van der Waals surface area contributed by atoms with Gasteiger partial charge in [-0.25, -0.2) is 13.4 Å². The summed E-state index contributed by atoms with van der Waals surface area (Å²) >= 11 is 7.30. The van der Waals surface area contributed by atoms with Gasteiger partial charge in [0.25, 0.3) is 0 Å². The van der Waals surface area contributed by atoms with Crippen LogP contribution in [0.2, 0.25) is 5.02 Å². The van der Waals surface area contributed by atoms with Gasteiger partial charge in [-0.3, -0.25) is 14.7 Å². The number of nitrogens with zero attached hydrogens (tertiary/aromatic N) is 3. The fourth-order valence-electron chi connectivity index (χ4n) is 3.43. The lowest BCUT2D eigenvalue weighted by Crippen LogP contribution is -2.30. The molecule has 0 aliphatic heterocycles. The number of carbonyl (C=O) groups is 1. The van der Waals surface area contributed by atoms with Gasteiger partial charge in [-0.05, 0) is 60.9 Å². The molecular weight excluding hydrogens is 478 g/mol. The Bertz CT molecular complexity index is 1370. The highest BCUT2D eigenvalue weighted by molar-refractivity contribution is 7.91. The number of hydrogen-bond acceptors (Lipinski definition) is 6. The zero-order valence-corrected chi connectivity index (χ0v) is 20.3. The molecule has 0 aliphatic carbocycles. The van der Waals surface area contributed by atoms with E-state index in [0.717, 1.165) is 21.3 Å². The molecule has 0 saturated carbocycles. The third-order valence-corrected chi connectivity index (χ3v) is 8.29. The van der Waals surface area contributed by atoms with Crippen molar-refractivity contribution in [1.29, 1.82) is 0 Å². The maximum absolute atomic E-state index is 13.2. The number of sulfone groups is 1. The van der Waals surface area contributed by atoms with E-state index in [0.29, 0.717) is 16.7 Å².